The number of aromatic nitrogens is 4. The molecule has 8 nitrogen and oxygen atoms in total. The normalized spacial score (nSPS) is 23.0. The fourth-order valence-electron chi connectivity index (χ4n) is 5.88. The zero-order valence-corrected chi connectivity index (χ0v) is 21.0. The first-order chi connectivity index (χ1) is 16.9. The number of nitrogens with one attached hydrogen (secondary N) is 2. The molecule has 1 unspecified atom stereocenters. The minimum absolute atomic E-state index is 0.134. The predicted octanol–water partition coefficient (Wildman–Crippen LogP) is 4.02. The van der Waals surface area contributed by atoms with E-state index in [0.717, 1.165) is 55.0 Å². The van der Waals surface area contributed by atoms with Gasteiger partial charge >= 0.3 is 0 Å². The van der Waals surface area contributed by atoms with E-state index in [2.05, 4.69) is 57.1 Å². The lowest BCUT2D eigenvalue weighted by Gasteiger charge is -2.28. The minimum atomic E-state index is -4.03. The summed E-state index contributed by atoms with van der Waals surface area (Å²) in [6, 6.07) is 12.3. The van der Waals surface area contributed by atoms with Crippen LogP contribution in [0.25, 0.3) is 22.5 Å². The molecule has 2 aromatic carbocycles. The molecule has 1 aliphatic heterocycles. The average molecular weight is 495 g/mol. The molecule has 0 radical (unpaired) electrons. The third-order valence-electron chi connectivity index (χ3n) is 7.91. The quantitative estimate of drug-likeness (QED) is 0.455. The van der Waals surface area contributed by atoms with Crippen LogP contribution in [0.4, 0.5) is 0 Å². The molecule has 0 bridgehead atoms. The highest BCUT2D eigenvalue weighted by Gasteiger charge is 2.29. The lowest BCUT2D eigenvalue weighted by Crippen LogP contribution is -2.20. The Hall–Kier alpha value is -2.62. The highest BCUT2D eigenvalue weighted by Crippen LogP contribution is 2.40. The first kappa shape index (κ1) is 24.1. The molecule has 1 aromatic heterocycles. The maximum absolute atomic E-state index is 13.0. The number of rotatable bonds is 7. The Kier molecular flexibility index (Phi) is 7.00. The number of primary sulfonamides is 1. The second kappa shape index (κ2) is 10.2. The lowest BCUT2D eigenvalue weighted by atomic mass is 9.78. The van der Waals surface area contributed by atoms with Gasteiger partial charge in [0.05, 0.1) is 4.90 Å². The summed E-state index contributed by atoms with van der Waals surface area (Å²) in [4.78, 5) is 0.134. The number of hydrogen-bond donors (Lipinski definition) is 3. The van der Waals surface area contributed by atoms with Gasteiger partial charge in [-0.15, -0.1) is 5.10 Å². The summed E-state index contributed by atoms with van der Waals surface area (Å²) in [5.74, 6) is 2.05. The van der Waals surface area contributed by atoms with Gasteiger partial charge in [-0.1, -0.05) is 62.6 Å². The highest BCUT2D eigenvalue weighted by atomic mass is 32.2. The number of nitrogens with zero attached hydrogens (tertiary/aromatic N) is 3. The van der Waals surface area contributed by atoms with Crippen molar-refractivity contribution in [1.29, 1.82) is 0 Å². The average Bonchev–Trinajstić information content (AvgIpc) is 3.58. The van der Waals surface area contributed by atoms with E-state index in [0.29, 0.717) is 29.6 Å². The van der Waals surface area contributed by atoms with E-state index in [-0.39, 0.29) is 4.90 Å². The van der Waals surface area contributed by atoms with E-state index in [4.69, 9.17) is 5.14 Å². The lowest BCUT2D eigenvalue weighted by molar-refractivity contribution is 0.267. The largest absolute Gasteiger partial charge is 0.316 e. The van der Waals surface area contributed by atoms with Gasteiger partial charge in [0.1, 0.15) is 0 Å². The summed E-state index contributed by atoms with van der Waals surface area (Å²) in [6.07, 6.45) is 7.64. The van der Waals surface area contributed by atoms with Crippen LogP contribution in [0.1, 0.15) is 62.5 Å². The molecule has 2 fully saturated rings. The molecule has 1 aliphatic carbocycles. The predicted molar refractivity (Wildman–Crippen MR) is 136 cm³/mol. The van der Waals surface area contributed by atoms with Crippen molar-refractivity contribution >= 4 is 10.0 Å². The Labute approximate surface area is 207 Å². The zero-order chi connectivity index (χ0) is 24.4. The number of aromatic amines is 1. The van der Waals surface area contributed by atoms with Gasteiger partial charge in [0.2, 0.25) is 10.0 Å². The van der Waals surface area contributed by atoms with Crippen LogP contribution in [-0.2, 0) is 16.4 Å². The third-order valence-corrected chi connectivity index (χ3v) is 8.95. The first-order valence-corrected chi connectivity index (χ1v) is 14.2. The number of nitrogens with two attached hydrogens (primary N) is 1. The maximum Gasteiger partial charge on any atom is 0.239 e. The van der Waals surface area contributed by atoms with Crippen LogP contribution < -0.4 is 10.5 Å². The number of H-pyrrole nitrogens is 1. The summed E-state index contributed by atoms with van der Waals surface area (Å²) >= 11 is 0. The third kappa shape index (κ3) is 5.17. The second-order valence-electron chi connectivity index (χ2n) is 10.1. The minimum Gasteiger partial charge on any atom is -0.316 e. The van der Waals surface area contributed by atoms with Crippen LogP contribution in [0.5, 0.6) is 0 Å². The van der Waals surface area contributed by atoms with E-state index in [1.165, 1.54) is 24.8 Å². The van der Waals surface area contributed by atoms with Gasteiger partial charge in [0.15, 0.2) is 5.82 Å². The van der Waals surface area contributed by atoms with E-state index in [1.54, 1.807) is 0 Å². The Morgan fingerprint density at radius 3 is 2.34 bits per heavy atom. The van der Waals surface area contributed by atoms with Crippen molar-refractivity contribution < 1.29 is 8.42 Å². The van der Waals surface area contributed by atoms with Crippen LogP contribution in [0.2, 0.25) is 0 Å². The molecule has 186 valence electrons. The van der Waals surface area contributed by atoms with E-state index in [9.17, 15) is 8.42 Å². The van der Waals surface area contributed by atoms with E-state index < -0.39 is 10.0 Å². The van der Waals surface area contributed by atoms with Gasteiger partial charge in [-0.25, -0.2) is 18.7 Å². The Morgan fingerprint density at radius 1 is 1.00 bits per heavy atom. The van der Waals surface area contributed by atoms with E-state index >= 15 is 0 Å². The van der Waals surface area contributed by atoms with Gasteiger partial charge in [-0.3, -0.25) is 0 Å². The van der Waals surface area contributed by atoms with Crippen LogP contribution in [0, 0.1) is 11.8 Å². The maximum atomic E-state index is 13.0. The summed E-state index contributed by atoms with van der Waals surface area (Å²) in [5.41, 5.74) is 4.14. The van der Waals surface area contributed by atoms with Gasteiger partial charge in [-0.2, -0.15) is 0 Å². The molecule has 1 saturated heterocycles. The number of hydrogen-bond acceptors (Lipinski definition) is 6. The van der Waals surface area contributed by atoms with Gasteiger partial charge in [0.25, 0.3) is 0 Å². The highest BCUT2D eigenvalue weighted by molar-refractivity contribution is 7.89. The summed E-state index contributed by atoms with van der Waals surface area (Å²) in [7, 11) is -4.03. The molecular weight excluding hydrogens is 460 g/mol. The van der Waals surface area contributed by atoms with Crippen molar-refractivity contribution in [2.45, 2.75) is 62.7 Å². The van der Waals surface area contributed by atoms with Crippen molar-refractivity contribution in [2.24, 2.45) is 17.0 Å². The molecule has 35 heavy (non-hydrogen) atoms. The molecule has 5 rings (SSSR count). The van der Waals surface area contributed by atoms with Crippen molar-refractivity contribution in [3.05, 3.63) is 47.5 Å². The molecule has 4 N–H and O–H groups in total. The van der Waals surface area contributed by atoms with Crippen molar-refractivity contribution in [1.82, 2.24) is 25.9 Å². The Balaban J connectivity index is 1.57. The van der Waals surface area contributed by atoms with Crippen LogP contribution >= 0.6 is 0 Å². The summed E-state index contributed by atoms with van der Waals surface area (Å²) < 4.78 is 26.0. The van der Waals surface area contributed by atoms with Gasteiger partial charge in [0, 0.05) is 12.1 Å². The number of benzene rings is 2. The SMILES string of the molecule is CC[C@H]1CC[C@@H](Cc2ccc(-c3ccc(C4CCNC4)cc3)c(-c3nnn[nH]3)c2S(N)(=O)=O)CC1. The fourth-order valence-corrected chi connectivity index (χ4v) is 6.89. The molecule has 1 saturated carbocycles. The van der Waals surface area contributed by atoms with Crippen LogP contribution in [-0.4, -0.2) is 42.1 Å². The smallest absolute Gasteiger partial charge is 0.239 e. The summed E-state index contributed by atoms with van der Waals surface area (Å²) in [5, 5.41) is 23.6. The molecule has 2 heterocycles. The molecule has 9 heteroatoms. The molecule has 0 amide bonds. The Morgan fingerprint density at radius 2 is 1.74 bits per heavy atom. The molecule has 0 spiro atoms. The topological polar surface area (TPSA) is 127 Å². The molecule has 2 aliphatic rings. The summed E-state index contributed by atoms with van der Waals surface area (Å²) in [6.45, 7) is 4.27. The van der Waals surface area contributed by atoms with Gasteiger partial charge in [-0.05, 0) is 82.7 Å². The molecule has 3 aromatic rings. The van der Waals surface area contributed by atoms with Crippen molar-refractivity contribution in [3.8, 4) is 22.5 Å². The Bertz CT molecular complexity index is 1240. The van der Waals surface area contributed by atoms with Gasteiger partial charge < -0.3 is 5.32 Å². The number of tetrazole rings is 1. The second-order valence-corrected chi connectivity index (χ2v) is 11.6. The van der Waals surface area contributed by atoms with Crippen LogP contribution in [0.3, 0.4) is 0 Å². The number of sulfonamides is 1. The van der Waals surface area contributed by atoms with Crippen LogP contribution in [0.15, 0.2) is 41.3 Å². The molecule has 1 atom stereocenters. The molecular formula is C26H34N6O2S. The fraction of sp³-hybridized carbons (Fsp3) is 0.500. The van der Waals surface area contributed by atoms with Crippen molar-refractivity contribution in [3.63, 3.8) is 0 Å². The van der Waals surface area contributed by atoms with Crippen molar-refractivity contribution in [2.75, 3.05) is 13.1 Å². The first-order valence-electron chi connectivity index (χ1n) is 12.7. The monoisotopic (exact) mass is 494 g/mol. The zero-order valence-electron chi connectivity index (χ0n) is 20.2. The standard InChI is InChI=1S/C26H34N6O2S/c1-2-17-3-5-18(6-4-17)15-21-11-12-23(20-9-7-19(8-10-20)22-13-14-28-16-22)24(25(21)35(27,33)34)26-29-31-32-30-26/h7-12,17-18,22,28H,2-6,13-16H2,1H3,(H2,27,33,34)(H,29,30,31,32)/t17-,18+,22?. The van der Waals surface area contributed by atoms with E-state index in [1.807, 2.05) is 12.1 Å².